The highest BCUT2D eigenvalue weighted by molar-refractivity contribution is 7.98. The molecular weight excluding hydrogens is 450 g/mol. The number of hydrogen-bond donors (Lipinski definition) is 7. The third kappa shape index (κ3) is 13.6. The predicted octanol–water partition coefficient (Wildman–Crippen LogP) is -1.27. The number of hydrogen-bond acceptors (Lipinski definition) is 7. The van der Waals surface area contributed by atoms with Gasteiger partial charge in [-0.05, 0) is 50.5 Å². The molecule has 3 amide bonds. The van der Waals surface area contributed by atoms with Gasteiger partial charge in [0.1, 0.15) is 18.1 Å². The lowest BCUT2D eigenvalue weighted by Gasteiger charge is -2.25. The van der Waals surface area contributed by atoms with Crippen molar-refractivity contribution in [1.29, 1.82) is 0 Å². The first-order chi connectivity index (χ1) is 15.4. The number of aliphatic carboxylic acids is 1. The zero-order valence-corrected chi connectivity index (χ0v) is 20.6. The maximum absolute atomic E-state index is 13.0. The van der Waals surface area contributed by atoms with Crippen LogP contribution < -0.4 is 33.2 Å². The Morgan fingerprint density at radius 2 is 1.48 bits per heavy atom. The molecule has 190 valence electrons. The second kappa shape index (κ2) is 16.1. The van der Waals surface area contributed by atoms with Gasteiger partial charge < -0.3 is 38.3 Å². The third-order valence-corrected chi connectivity index (χ3v) is 5.26. The number of carboxylic acid groups (broad SMARTS) is 1. The fraction of sp³-hybridized carbons (Fsp3) is 0.750. The topological polar surface area (TPSA) is 215 Å². The smallest absolute Gasteiger partial charge is 0.325 e. The zero-order valence-electron chi connectivity index (χ0n) is 19.8. The van der Waals surface area contributed by atoms with E-state index in [1.165, 1.54) is 18.7 Å². The van der Waals surface area contributed by atoms with E-state index in [2.05, 4.69) is 20.9 Å². The molecule has 4 unspecified atom stereocenters. The van der Waals surface area contributed by atoms with E-state index < -0.39 is 47.9 Å². The molecule has 0 aliphatic carbocycles. The molecule has 0 aliphatic rings. The molecule has 12 nitrogen and oxygen atoms in total. The monoisotopic (exact) mass is 489 g/mol. The first kappa shape index (κ1) is 30.5. The largest absolute Gasteiger partial charge is 0.480 e. The lowest BCUT2D eigenvalue weighted by atomic mass is 10.0. The van der Waals surface area contributed by atoms with Gasteiger partial charge in [0.05, 0.1) is 6.04 Å². The third-order valence-electron chi connectivity index (χ3n) is 4.61. The lowest BCUT2D eigenvalue weighted by Crippen LogP contribution is -2.57. The molecule has 0 aromatic heterocycles. The van der Waals surface area contributed by atoms with E-state index in [-0.39, 0.29) is 31.3 Å². The number of carboxylic acids is 1. The highest BCUT2D eigenvalue weighted by Crippen LogP contribution is 2.07. The standard InChI is InChI=1S/C20H39N7O5S/c1-11(2)10-13(21)16(28)26-14(6-5-8-24-20(22)23)18(30)27-15(7-9-33-4)17(29)25-12(3)19(31)32/h11-15H,5-10,21H2,1-4H3,(H,25,29)(H,26,28)(H,27,30)(H,31,32)(H4,22,23,24). The summed E-state index contributed by atoms with van der Waals surface area (Å²) in [5.41, 5.74) is 16.6. The molecule has 0 heterocycles. The van der Waals surface area contributed by atoms with Gasteiger partial charge in [-0.25, -0.2) is 0 Å². The number of nitrogens with two attached hydrogens (primary N) is 3. The summed E-state index contributed by atoms with van der Waals surface area (Å²) >= 11 is 1.48. The number of carbonyl (C=O) groups is 4. The number of amides is 3. The maximum Gasteiger partial charge on any atom is 0.325 e. The minimum absolute atomic E-state index is 0.0830. The van der Waals surface area contributed by atoms with Crippen LogP contribution in [-0.4, -0.2) is 77.5 Å². The summed E-state index contributed by atoms with van der Waals surface area (Å²) in [7, 11) is 0. The van der Waals surface area contributed by atoms with Gasteiger partial charge in [-0.1, -0.05) is 13.8 Å². The molecule has 13 heteroatoms. The number of aliphatic imine (C=N–C) groups is 1. The number of nitrogens with zero attached hydrogens (tertiary/aromatic N) is 1. The summed E-state index contributed by atoms with van der Waals surface area (Å²) in [6.45, 7) is 5.45. The van der Waals surface area contributed by atoms with Gasteiger partial charge in [-0.15, -0.1) is 0 Å². The van der Waals surface area contributed by atoms with E-state index in [0.717, 1.165) is 0 Å². The minimum Gasteiger partial charge on any atom is -0.480 e. The van der Waals surface area contributed by atoms with Crippen LogP contribution in [0.1, 0.15) is 46.5 Å². The van der Waals surface area contributed by atoms with Crippen molar-refractivity contribution in [3.05, 3.63) is 0 Å². The van der Waals surface area contributed by atoms with Crippen LogP contribution in [0.3, 0.4) is 0 Å². The Bertz CT molecular complexity index is 686. The van der Waals surface area contributed by atoms with Gasteiger partial charge in [-0.3, -0.25) is 24.2 Å². The first-order valence-electron chi connectivity index (χ1n) is 10.8. The average Bonchev–Trinajstić information content (AvgIpc) is 2.71. The van der Waals surface area contributed by atoms with Crippen LogP contribution in [0, 0.1) is 5.92 Å². The van der Waals surface area contributed by atoms with Crippen molar-refractivity contribution < 1.29 is 24.3 Å². The second-order valence-electron chi connectivity index (χ2n) is 8.16. The molecule has 33 heavy (non-hydrogen) atoms. The van der Waals surface area contributed by atoms with E-state index in [1.807, 2.05) is 20.1 Å². The molecule has 10 N–H and O–H groups in total. The van der Waals surface area contributed by atoms with Gasteiger partial charge in [0, 0.05) is 6.54 Å². The van der Waals surface area contributed by atoms with Gasteiger partial charge in [0.2, 0.25) is 17.7 Å². The lowest BCUT2D eigenvalue weighted by molar-refractivity contribution is -0.141. The second-order valence-corrected chi connectivity index (χ2v) is 9.14. The van der Waals surface area contributed by atoms with Gasteiger partial charge >= 0.3 is 5.97 Å². The number of thioether (sulfide) groups is 1. The Morgan fingerprint density at radius 1 is 0.939 bits per heavy atom. The Kier molecular flexibility index (Phi) is 14.9. The molecule has 4 atom stereocenters. The van der Waals surface area contributed by atoms with Crippen LogP contribution in [0.15, 0.2) is 4.99 Å². The van der Waals surface area contributed by atoms with E-state index >= 15 is 0 Å². The highest BCUT2D eigenvalue weighted by atomic mass is 32.2. The number of rotatable bonds is 16. The molecule has 0 spiro atoms. The molecular formula is C20H39N7O5S. The zero-order chi connectivity index (χ0) is 25.6. The van der Waals surface area contributed by atoms with Crippen LogP contribution in [0.4, 0.5) is 0 Å². The Morgan fingerprint density at radius 3 is 2.00 bits per heavy atom. The molecule has 0 saturated carbocycles. The average molecular weight is 490 g/mol. The Balaban J connectivity index is 5.41. The Hall–Kier alpha value is -2.54. The van der Waals surface area contributed by atoms with Crippen LogP contribution in [0.5, 0.6) is 0 Å². The summed E-state index contributed by atoms with van der Waals surface area (Å²) in [5.74, 6) is -2.20. The van der Waals surface area contributed by atoms with Crippen LogP contribution in [0.2, 0.25) is 0 Å². The van der Waals surface area contributed by atoms with E-state index in [4.69, 9.17) is 22.3 Å². The molecule has 0 radical (unpaired) electrons. The fourth-order valence-corrected chi connectivity index (χ4v) is 3.29. The van der Waals surface area contributed by atoms with Crippen molar-refractivity contribution >= 4 is 41.4 Å². The maximum atomic E-state index is 13.0. The van der Waals surface area contributed by atoms with Crippen molar-refractivity contribution in [1.82, 2.24) is 16.0 Å². The summed E-state index contributed by atoms with van der Waals surface area (Å²) in [6, 6.07) is -3.83. The SMILES string of the molecule is CSCCC(NC(=O)C(CCCN=C(N)N)NC(=O)C(N)CC(C)C)C(=O)NC(C)C(=O)O. The Labute approximate surface area is 199 Å². The molecule has 0 fully saturated rings. The number of carbonyl (C=O) groups excluding carboxylic acids is 3. The molecule has 0 aromatic rings. The van der Waals surface area contributed by atoms with Gasteiger partial charge in [0.15, 0.2) is 5.96 Å². The van der Waals surface area contributed by atoms with Crippen molar-refractivity contribution in [3.63, 3.8) is 0 Å². The quantitative estimate of drug-likeness (QED) is 0.0779. The molecule has 0 aromatic carbocycles. The molecule has 0 aliphatic heterocycles. The van der Waals surface area contributed by atoms with Crippen molar-refractivity contribution in [3.8, 4) is 0 Å². The summed E-state index contributed by atoms with van der Waals surface area (Å²) in [5, 5.41) is 16.7. The molecule has 0 rings (SSSR count). The highest BCUT2D eigenvalue weighted by Gasteiger charge is 2.29. The van der Waals surface area contributed by atoms with E-state index in [0.29, 0.717) is 18.6 Å². The van der Waals surface area contributed by atoms with Crippen LogP contribution in [0.25, 0.3) is 0 Å². The molecule has 0 saturated heterocycles. The van der Waals surface area contributed by atoms with Crippen molar-refractivity contribution in [2.75, 3.05) is 18.6 Å². The minimum atomic E-state index is -1.19. The van der Waals surface area contributed by atoms with E-state index in [1.54, 1.807) is 0 Å². The number of guanidine groups is 1. The van der Waals surface area contributed by atoms with Gasteiger partial charge in [0.25, 0.3) is 0 Å². The van der Waals surface area contributed by atoms with Crippen LogP contribution >= 0.6 is 11.8 Å². The summed E-state index contributed by atoms with van der Waals surface area (Å²) in [6.07, 6.45) is 3.19. The first-order valence-corrected chi connectivity index (χ1v) is 12.2. The summed E-state index contributed by atoms with van der Waals surface area (Å²) in [4.78, 5) is 53.0. The van der Waals surface area contributed by atoms with Crippen LogP contribution in [-0.2, 0) is 19.2 Å². The van der Waals surface area contributed by atoms with Gasteiger partial charge in [-0.2, -0.15) is 11.8 Å². The molecule has 0 bridgehead atoms. The normalized spacial score (nSPS) is 14.5. The number of nitrogens with one attached hydrogen (secondary N) is 3. The van der Waals surface area contributed by atoms with Crippen molar-refractivity contribution in [2.24, 2.45) is 28.1 Å². The fourth-order valence-electron chi connectivity index (χ4n) is 2.82. The van der Waals surface area contributed by atoms with Crippen molar-refractivity contribution in [2.45, 2.75) is 70.6 Å². The predicted molar refractivity (Wildman–Crippen MR) is 129 cm³/mol. The summed E-state index contributed by atoms with van der Waals surface area (Å²) < 4.78 is 0. The van der Waals surface area contributed by atoms with E-state index in [9.17, 15) is 19.2 Å².